The number of amides is 1. The number of fused-ring (bicyclic) bond motifs is 1. The van der Waals surface area contributed by atoms with Gasteiger partial charge < -0.3 is 19.1 Å². The Hall–Kier alpha value is -2.50. The van der Waals surface area contributed by atoms with Gasteiger partial charge in [-0.1, -0.05) is 41.9 Å². The number of benzene rings is 2. The van der Waals surface area contributed by atoms with E-state index in [4.69, 9.17) is 25.8 Å². The van der Waals surface area contributed by atoms with Gasteiger partial charge in [0.2, 0.25) is 5.91 Å². The van der Waals surface area contributed by atoms with Crippen molar-refractivity contribution in [1.82, 2.24) is 4.90 Å². The average molecular weight is 388 g/mol. The van der Waals surface area contributed by atoms with Crippen molar-refractivity contribution in [2.45, 2.75) is 6.54 Å². The molecule has 27 heavy (non-hydrogen) atoms. The van der Waals surface area contributed by atoms with Crippen LogP contribution in [0.3, 0.4) is 0 Å². The van der Waals surface area contributed by atoms with E-state index in [1.165, 1.54) is 0 Å². The third-order valence-corrected chi connectivity index (χ3v) is 4.41. The summed E-state index contributed by atoms with van der Waals surface area (Å²) < 4.78 is 16.2. The number of ether oxygens (including phenoxy) is 3. The Kier molecular flexibility index (Phi) is 6.74. The van der Waals surface area contributed by atoms with E-state index < -0.39 is 0 Å². The number of halogens is 1. The molecule has 1 aliphatic heterocycles. The van der Waals surface area contributed by atoms with Crippen LogP contribution in [0.1, 0.15) is 11.1 Å². The highest BCUT2D eigenvalue weighted by Crippen LogP contribution is 2.38. The average Bonchev–Trinajstić information content (AvgIpc) is 2.70. The Bertz CT molecular complexity index is 807. The standard InChI is InChI=1S/C21H22ClNO4/c1-25-10-9-23(15-16-5-3-2-4-6-16)20(24)8-7-17-13-18(22)21-19(14-17)26-11-12-27-21/h2-8,13-14H,9-12,15H2,1H3. The molecule has 0 saturated carbocycles. The van der Waals surface area contributed by atoms with E-state index in [1.807, 2.05) is 36.4 Å². The van der Waals surface area contributed by atoms with Crippen LogP contribution >= 0.6 is 11.6 Å². The Balaban J connectivity index is 1.73. The van der Waals surface area contributed by atoms with Crippen molar-refractivity contribution in [2.75, 3.05) is 33.5 Å². The second-order valence-electron chi connectivity index (χ2n) is 6.10. The van der Waals surface area contributed by atoms with Crippen LogP contribution in [0, 0.1) is 0 Å². The lowest BCUT2D eigenvalue weighted by atomic mass is 10.1. The minimum absolute atomic E-state index is 0.0954. The van der Waals surface area contributed by atoms with Gasteiger partial charge >= 0.3 is 0 Å². The van der Waals surface area contributed by atoms with Crippen molar-refractivity contribution in [3.63, 3.8) is 0 Å². The van der Waals surface area contributed by atoms with Crippen LogP contribution in [0.5, 0.6) is 11.5 Å². The van der Waals surface area contributed by atoms with Gasteiger partial charge in [0, 0.05) is 26.3 Å². The monoisotopic (exact) mass is 387 g/mol. The van der Waals surface area contributed by atoms with Gasteiger partial charge in [-0.2, -0.15) is 0 Å². The van der Waals surface area contributed by atoms with Gasteiger partial charge in [-0.15, -0.1) is 0 Å². The van der Waals surface area contributed by atoms with E-state index in [0.717, 1.165) is 11.1 Å². The molecule has 0 aromatic heterocycles. The lowest BCUT2D eigenvalue weighted by Crippen LogP contribution is -2.32. The predicted molar refractivity (Wildman–Crippen MR) is 105 cm³/mol. The van der Waals surface area contributed by atoms with Gasteiger partial charge in [-0.05, 0) is 29.3 Å². The molecule has 6 heteroatoms. The van der Waals surface area contributed by atoms with Crippen LogP contribution in [0.2, 0.25) is 5.02 Å². The van der Waals surface area contributed by atoms with Crippen molar-refractivity contribution in [3.05, 3.63) is 64.7 Å². The third kappa shape index (κ3) is 5.25. The fraction of sp³-hybridized carbons (Fsp3) is 0.286. The summed E-state index contributed by atoms with van der Waals surface area (Å²) in [4.78, 5) is 14.4. The molecule has 0 bridgehead atoms. The van der Waals surface area contributed by atoms with Gasteiger partial charge in [-0.3, -0.25) is 4.79 Å². The number of carbonyl (C=O) groups is 1. The Morgan fingerprint density at radius 1 is 1.22 bits per heavy atom. The van der Waals surface area contributed by atoms with E-state index in [0.29, 0.717) is 49.4 Å². The summed E-state index contributed by atoms with van der Waals surface area (Å²) in [6.07, 6.45) is 3.28. The molecule has 5 nitrogen and oxygen atoms in total. The zero-order valence-electron chi connectivity index (χ0n) is 15.2. The molecular weight excluding hydrogens is 366 g/mol. The second-order valence-corrected chi connectivity index (χ2v) is 6.51. The predicted octanol–water partition coefficient (Wildman–Crippen LogP) is 3.80. The normalized spacial score (nSPS) is 13.0. The first-order chi connectivity index (χ1) is 13.2. The molecule has 0 N–H and O–H groups in total. The first kappa shape index (κ1) is 19.3. The smallest absolute Gasteiger partial charge is 0.246 e. The topological polar surface area (TPSA) is 48.0 Å². The van der Waals surface area contributed by atoms with Gasteiger partial charge in [0.05, 0.1) is 11.6 Å². The van der Waals surface area contributed by atoms with Gasteiger partial charge in [-0.25, -0.2) is 0 Å². The van der Waals surface area contributed by atoms with Gasteiger partial charge in [0.25, 0.3) is 0 Å². The van der Waals surface area contributed by atoms with Crippen molar-refractivity contribution in [2.24, 2.45) is 0 Å². The number of methoxy groups -OCH3 is 1. The number of nitrogens with zero attached hydrogens (tertiary/aromatic N) is 1. The molecule has 1 amide bonds. The maximum atomic E-state index is 12.7. The summed E-state index contributed by atoms with van der Waals surface area (Å²) in [7, 11) is 1.62. The van der Waals surface area contributed by atoms with Crippen molar-refractivity contribution in [1.29, 1.82) is 0 Å². The summed E-state index contributed by atoms with van der Waals surface area (Å²) in [5, 5.41) is 0.472. The lowest BCUT2D eigenvalue weighted by Gasteiger charge is -2.21. The van der Waals surface area contributed by atoms with E-state index >= 15 is 0 Å². The fourth-order valence-electron chi connectivity index (χ4n) is 2.77. The van der Waals surface area contributed by atoms with Crippen molar-refractivity contribution >= 4 is 23.6 Å². The number of hydrogen-bond donors (Lipinski definition) is 0. The zero-order valence-corrected chi connectivity index (χ0v) is 15.9. The molecule has 0 aliphatic carbocycles. The highest BCUT2D eigenvalue weighted by Gasteiger charge is 2.16. The summed E-state index contributed by atoms with van der Waals surface area (Å²) >= 11 is 6.25. The quantitative estimate of drug-likeness (QED) is 0.678. The third-order valence-electron chi connectivity index (χ3n) is 4.13. The van der Waals surface area contributed by atoms with Gasteiger partial charge in [0.15, 0.2) is 11.5 Å². The van der Waals surface area contributed by atoms with E-state index in [1.54, 1.807) is 30.2 Å². The minimum atomic E-state index is -0.0954. The molecule has 0 saturated heterocycles. The molecule has 0 spiro atoms. The summed E-state index contributed by atoms with van der Waals surface area (Å²) in [5.41, 5.74) is 1.85. The van der Waals surface area contributed by atoms with Crippen LogP contribution in [0.4, 0.5) is 0 Å². The van der Waals surface area contributed by atoms with Crippen LogP contribution < -0.4 is 9.47 Å². The lowest BCUT2D eigenvalue weighted by molar-refractivity contribution is -0.127. The van der Waals surface area contributed by atoms with Crippen LogP contribution in [0.15, 0.2) is 48.5 Å². The molecule has 142 valence electrons. The Labute approximate surface area is 164 Å². The first-order valence-electron chi connectivity index (χ1n) is 8.76. The molecule has 2 aromatic rings. The van der Waals surface area contributed by atoms with E-state index in [9.17, 15) is 4.79 Å². The number of rotatable bonds is 7. The molecular formula is C21H22ClNO4. The minimum Gasteiger partial charge on any atom is -0.486 e. The fourth-order valence-corrected chi connectivity index (χ4v) is 3.05. The summed E-state index contributed by atoms with van der Waals surface area (Å²) in [6.45, 7) is 2.47. The Morgan fingerprint density at radius 3 is 2.78 bits per heavy atom. The van der Waals surface area contributed by atoms with Crippen LogP contribution in [-0.4, -0.2) is 44.3 Å². The molecule has 1 aliphatic rings. The molecule has 0 unspecified atom stereocenters. The zero-order chi connectivity index (χ0) is 19.1. The molecule has 0 radical (unpaired) electrons. The highest BCUT2D eigenvalue weighted by molar-refractivity contribution is 6.32. The maximum Gasteiger partial charge on any atom is 0.246 e. The molecule has 0 fully saturated rings. The molecule has 1 heterocycles. The molecule has 0 atom stereocenters. The van der Waals surface area contributed by atoms with Crippen molar-refractivity contribution < 1.29 is 19.0 Å². The number of carbonyl (C=O) groups excluding carboxylic acids is 1. The first-order valence-corrected chi connectivity index (χ1v) is 9.14. The molecule has 2 aromatic carbocycles. The SMILES string of the molecule is COCCN(Cc1ccccc1)C(=O)C=Cc1cc(Cl)c2c(c1)OCCO2. The van der Waals surface area contributed by atoms with E-state index in [2.05, 4.69) is 0 Å². The van der Waals surface area contributed by atoms with E-state index in [-0.39, 0.29) is 5.91 Å². The van der Waals surface area contributed by atoms with Crippen molar-refractivity contribution in [3.8, 4) is 11.5 Å². The second kappa shape index (κ2) is 9.44. The van der Waals surface area contributed by atoms with Crippen LogP contribution in [-0.2, 0) is 16.1 Å². The van der Waals surface area contributed by atoms with Crippen LogP contribution in [0.25, 0.3) is 6.08 Å². The highest BCUT2D eigenvalue weighted by atomic mass is 35.5. The summed E-state index contributed by atoms with van der Waals surface area (Å²) in [5.74, 6) is 1.06. The van der Waals surface area contributed by atoms with Gasteiger partial charge in [0.1, 0.15) is 13.2 Å². The summed E-state index contributed by atoms with van der Waals surface area (Å²) in [6, 6.07) is 13.4. The maximum absolute atomic E-state index is 12.7. The Morgan fingerprint density at radius 2 is 2.00 bits per heavy atom. The number of hydrogen-bond acceptors (Lipinski definition) is 4. The molecule has 3 rings (SSSR count). The largest absolute Gasteiger partial charge is 0.486 e.